The number of fused-ring (bicyclic) bond motifs is 1. The molecular weight excluding hydrogens is 320 g/mol. The largest absolute Gasteiger partial charge is 0.345 e. The summed E-state index contributed by atoms with van der Waals surface area (Å²) in [4.78, 5) is 22.2. The van der Waals surface area contributed by atoms with Crippen LogP contribution in [0.25, 0.3) is 5.82 Å². The topological polar surface area (TPSA) is 59.8 Å². The molecule has 1 aliphatic rings. The molecule has 5 nitrogen and oxygen atoms in total. The van der Waals surface area contributed by atoms with Crippen LogP contribution in [0, 0.1) is 0 Å². The van der Waals surface area contributed by atoms with Crippen LogP contribution in [0.2, 0.25) is 0 Å². The molecule has 120 valence electrons. The summed E-state index contributed by atoms with van der Waals surface area (Å²) in [7, 11) is 0. The number of aromatic nitrogens is 3. The van der Waals surface area contributed by atoms with Gasteiger partial charge < -0.3 is 5.32 Å². The SMILES string of the molecule is O=C(N[C@H]1CCSc2ccccc21)c1ccnc(-n2ccnc2)c1. The van der Waals surface area contributed by atoms with Gasteiger partial charge in [0.1, 0.15) is 12.1 Å². The number of pyridine rings is 1. The molecule has 0 saturated carbocycles. The van der Waals surface area contributed by atoms with Crippen molar-refractivity contribution < 1.29 is 4.79 Å². The number of benzene rings is 1. The first-order valence-electron chi connectivity index (χ1n) is 7.78. The van der Waals surface area contributed by atoms with Gasteiger partial charge in [-0.3, -0.25) is 9.36 Å². The van der Waals surface area contributed by atoms with Crippen LogP contribution in [0.3, 0.4) is 0 Å². The molecule has 6 heteroatoms. The fraction of sp³-hybridized carbons (Fsp3) is 0.167. The molecule has 0 radical (unpaired) electrons. The Labute approximate surface area is 144 Å². The molecule has 4 rings (SSSR count). The third-order valence-corrected chi connectivity index (χ3v) is 5.16. The Morgan fingerprint density at radius 2 is 2.17 bits per heavy atom. The fourth-order valence-corrected chi connectivity index (χ4v) is 3.95. The molecule has 1 atom stereocenters. The summed E-state index contributed by atoms with van der Waals surface area (Å²) in [5, 5.41) is 3.16. The summed E-state index contributed by atoms with van der Waals surface area (Å²) in [6.07, 6.45) is 7.74. The molecule has 0 unspecified atom stereocenters. The van der Waals surface area contributed by atoms with Gasteiger partial charge in [-0.25, -0.2) is 9.97 Å². The standard InChI is InChI=1S/C18H16N4OS/c23-18(13-5-7-20-17(11-13)22-9-8-19-12-22)21-15-6-10-24-16-4-2-1-3-14(15)16/h1-5,7-9,11-12,15H,6,10H2,(H,21,23)/t15-/m0/s1. The number of thioether (sulfide) groups is 1. The van der Waals surface area contributed by atoms with Gasteiger partial charge in [0.2, 0.25) is 0 Å². The van der Waals surface area contributed by atoms with Gasteiger partial charge in [0.15, 0.2) is 0 Å². The normalized spacial score (nSPS) is 16.4. The highest BCUT2D eigenvalue weighted by molar-refractivity contribution is 7.99. The van der Waals surface area contributed by atoms with Crippen molar-refractivity contribution in [3.05, 3.63) is 72.4 Å². The van der Waals surface area contributed by atoms with Gasteiger partial charge in [-0.15, -0.1) is 11.8 Å². The van der Waals surface area contributed by atoms with E-state index in [0.29, 0.717) is 11.4 Å². The van der Waals surface area contributed by atoms with Crippen molar-refractivity contribution in [2.24, 2.45) is 0 Å². The number of carbonyl (C=O) groups excluding carboxylic acids is 1. The van der Waals surface area contributed by atoms with Crippen LogP contribution >= 0.6 is 11.8 Å². The molecule has 1 aromatic carbocycles. The highest BCUT2D eigenvalue weighted by Crippen LogP contribution is 2.35. The van der Waals surface area contributed by atoms with E-state index in [1.807, 2.05) is 23.9 Å². The van der Waals surface area contributed by atoms with Crippen molar-refractivity contribution in [3.8, 4) is 5.82 Å². The van der Waals surface area contributed by atoms with Gasteiger partial charge in [-0.05, 0) is 30.2 Å². The number of rotatable bonds is 3. The Balaban J connectivity index is 1.56. The quantitative estimate of drug-likeness (QED) is 0.798. The van der Waals surface area contributed by atoms with E-state index in [4.69, 9.17) is 0 Å². The Bertz CT molecular complexity index is 863. The summed E-state index contributed by atoms with van der Waals surface area (Å²) in [6, 6.07) is 11.8. The second-order valence-corrected chi connectivity index (χ2v) is 6.71. The minimum absolute atomic E-state index is 0.0554. The molecule has 0 saturated heterocycles. The monoisotopic (exact) mass is 336 g/mol. The molecule has 3 aromatic rings. The lowest BCUT2D eigenvalue weighted by atomic mass is 10.0. The Morgan fingerprint density at radius 3 is 3.04 bits per heavy atom. The lowest BCUT2D eigenvalue weighted by Gasteiger charge is -2.25. The zero-order valence-corrected chi connectivity index (χ0v) is 13.7. The Kier molecular flexibility index (Phi) is 4.04. The van der Waals surface area contributed by atoms with Crippen LogP contribution in [0.5, 0.6) is 0 Å². The first kappa shape index (κ1) is 15.0. The molecule has 24 heavy (non-hydrogen) atoms. The average Bonchev–Trinajstić information content (AvgIpc) is 3.17. The van der Waals surface area contributed by atoms with Gasteiger partial charge in [0.25, 0.3) is 5.91 Å². The molecule has 1 amide bonds. The number of hydrogen-bond donors (Lipinski definition) is 1. The predicted octanol–water partition coefficient (Wildman–Crippen LogP) is 3.23. The first-order chi connectivity index (χ1) is 11.8. The first-order valence-corrected chi connectivity index (χ1v) is 8.77. The number of nitrogens with one attached hydrogen (secondary N) is 1. The maximum atomic E-state index is 12.7. The maximum Gasteiger partial charge on any atom is 0.251 e. The van der Waals surface area contributed by atoms with Crippen LogP contribution in [-0.4, -0.2) is 26.2 Å². The molecule has 0 bridgehead atoms. The molecule has 3 heterocycles. The summed E-state index contributed by atoms with van der Waals surface area (Å²) in [6.45, 7) is 0. The third kappa shape index (κ3) is 2.92. The number of imidazole rings is 1. The van der Waals surface area contributed by atoms with E-state index >= 15 is 0 Å². The van der Waals surface area contributed by atoms with Gasteiger partial charge >= 0.3 is 0 Å². The number of carbonyl (C=O) groups is 1. The predicted molar refractivity (Wildman–Crippen MR) is 93.3 cm³/mol. The van der Waals surface area contributed by atoms with Crippen LogP contribution in [-0.2, 0) is 0 Å². The summed E-state index contributed by atoms with van der Waals surface area (Å²) in [5.41, 5.74) is 1.80. The van der Waals surface area contributed by atoms with Gasteiger partial charge in [0, 0.05) is 34.8 Å². The van der Waals surface area contributed by atoms with Crippen LogP contribution in [0.1, 0.15) is 28.4 Å². The minimum atomic E-state index is -0.0783. The second-order valence-electron chi connectivity index (χ2n) is 5.57. The van der Waals surface area contributed by atoms with E-state index in [9.17, 15) is 4.79 Å². The van der Waals surface area contributed by atoms with Crippen molar-refractivity contribution >= 4 is 17.7 Å². The molecule has 0 aliphatic carbocycles. The Hall–Kier alpha value is -2.60. The van der Waals surface area contributed by atoms with E-state index in [-0.39, 0.29) is 11.9 Å². The fourth-order valence-electron chi connectivity index (χ4n) is 2.83. The lowest BCUT2D eigenvalue weighted by Crippen LogP contribution is -2.30. The lowest BCUT2D eigenvalue weighted by molar-refractivity contribution is 0.0935. The van der Waals surface area contributed by atoms with Gasteiger partial charge in [-0.2, -0.15) is 0 Å². The summed E-state index contributed by atoms with van der Waals surface area (Å²) >= 11 is 1.84. The van der Waals surface area contributed by atoms with Crippen molar-refractivity contribution in [3.63, 3.8) is 0 Å². The third-order valence-electron chi connectivity index (χ3n) is 4.04. The van der Waals surface area contributed by atoms with E-state index in [0.717, 1.165) is 12.2 Å². The van der Waals surface area contributed by atoms with E-state index in [1.54, 1.807) is 41.6 Å². The van der Waals surface area contributed by atoms with Crippen molar-refractivity contribution in [1.29, 1.82) is 0 Å². The number of amides is 1. The zero-order valence-electron chi connectivity index (χ0n) is 12.9. The van der Waals surface area contributed by atoms with Gasteiger partial charge in [0.05, 0.1) is 6.04 Å². The van der Waals surface area contributed by atoms with Crippen LogP contribution < -0.4 is 5.32 Å². The van der Waals surface area contributed by atoms with Crippen LogP contribution in [0.4, 0.5) is 0 Å². The molecule has 1 N–H and O–H groups in total. The van der Waals surface area contributed by atoms with Crippen molar-refractivity contribution in [2.75, 3.05) is 5.75 Å². The minimum Gasteiger partial charge on any atom is -0.345 e. The number of hydrogen-bond acceptors (Lipinski definition) is 4. The zero-order chi connectivity index (χ0) is 16.4. The molecular formula is C18H16N4OS. The highest BCUT2D eigenvalue weighted by atomic mass is 32.2. The summed E-state index contributed by atoms with van der Waals surface area (Å²) in [5.74, 6) is 1.61. The molecule has 0 spiro atoms. The summed E-state index contributed by atoms with van der Waals surface area (Å²) < 4.78 is 1.78. The smallest absolute Gasteiger partial charge is 0.251 e. The highest BCUT2D eigenvalue weighted by Gasteiger charge is 2.22. The van der Waals surface area contributed by atoms with Crippen molar-refractivity contribution in [1.82, 2.24) is 19.9 Å². The number of nitrogens with zero attached hydrogens (tertiary/aromatic N) is 3. The molecule has 0 fully saturated rings. The van der Waals surface area contributed by atoms with Gasteiger partial charge in [-0.1, -0.05) is 18.2 Å². The Morgan fingerprint density at radius 1 is 1.25 bits per heavy atom. The maximum absolute atomic E-state index is 12.7. The molecule has 1 aliphatic heterocycles. The van der Waals surface area contributed by atoms with E-state index in [2.05, 4.69) is 27.4 Å². The van der Waals surface area contributed by atoms with E-state index < -0.39 is 0 Å². The van der Waals surface area contributed by atoms with Crippen LogP contribution in [0.15, 0.2) is 66.2 Å². The second kappa shape index (κ2) is 6.49. The van der Waals surface area contributed by atoms with E-state index in [1.165, 1.54) is 10.5 Å². The average molecular weight is 336 g/mol. The van der Waals surface area contributed by atoms with Crippen molar-refractivity contribution in [2.45, 2.75) is 17.4 Å². The molecule has 2 aromatic heterocycles.